The highest BCUT2D eigenvalue weighted by Gasteiger charge is 2.40. The minimum Gasteiger partial charge on any atom is -0.480 e. The molecule has 1 saturated heterocycles. The van der Waals surface area contributed by atoms with Gasteiger partial charge in [-0.3, -0.25) is 9.59 Å². The molecule has 1 N–H and O–H groups in total. The highest BCUT2D eigenvalue weighted by molar-refractivity contribution is 5.90. The van der Waals surface area contributed by atoms with Gasteiger partial charge in [0.05, 0.1) is 13.0 Å². The summed E-state index contributed by atoms with van der Waals surface area (Å²) < 4.78 is 4.54. The molecule has 16 heavy (non-hydrogen) atoms. The van der Waals surface area contributed by atoms with E-state index in [-0.39, 0.29) is 18.9 Å². The second kappa shape index (κ2) is 4.96. The number of carbonyl (C=O) groups is 3. The summed E-state index contributed by atoms with van der Waals surface area (Å²) in [4.78, 5) is 34.9. The summed E-state index contributed by atoms with van der Waals surface area (Å²) >= 11 is 0. The van der Waals surface area contributed by atoms with Crippen LogP contribution in [0.25, 0.3) is 0 Å². The Hall–Kier alpha value is -1.59. The molecule has 0 aromatic rings. The van der Waals surface area contributed by atoms with Crippen molar-refractivity contribution < 1.29 is 24.2 Å². The van der Waals surface area contributed by atoms with E-state index in [4.69, 9.17) is 5.11 Å². The van der Waals surface area contributed by atoms with Crippen LogP contribution in [0.15, 0.2) is 0 Å². The predicted molar refractivity (Wildman–Crippen MR) is 53.6 cm³/mol. The monoisotopic (exact) mass is 229 g/mol. The standard InChI is InChI=1S/C10H15NO5/c1-3-7(9(13)14)11-5-6(4-8(11)12)10(15)16-2/h6-7H,3-5H2,1-2H3,(H,13,14). The number of likely N-dealkylation sites (tertiary alicyclic amines) is 1. The van der Waals surface area contributed by atoms with Gasteiger partial charge in [-0.25, -0.2) is 4.79 Å². The van der Waals surface area contributed by atoms with Gasteiger partial charge in [0.25, 0.3) is 0 Å². The molecule has 2 unspecified atom stereocenters. The van der Waals surface area contributed by atoms with Crippen LogP contribution < -0.4 is 0 Å². The number of rotatable bonds is 4. The Balaban J connectivity index is 2.74. The average Bonchev–Trinajstić information content (AvgIpc) is 2.60. The van der Waals surface area contributed by atoms with Crippen LogP contribution in [0.5, 0.6) is 0 Å². The molecule has 0 radical (unpaired) electrons. The second-order valence-electron chi connectivity index (χ2n) is 3.73. The summed E-state index contributed by atoms with van der Waals surface area (Å²) in [5.74, 6) is -2.34. The molecule has 1 fully saturated rings. The zero-order chi connectivity index (χ0) is 12.3. The molecule has 0 spiro atoms. The van der Waals surface area contributed by atoms with E-state index in [2.05, 4.69) is 4.74 Å². The third-order valence-corrected chi connectivity index (χ3v) is 2.74. The Morgan fingerprint density at radius 3 is 2.69 bits per heavy atom. The van der Waals surface area contributed by atoms with Gasteiger partial charge < -0.3 is 14.7 Å². The molecular formula is C10H15NO5. The smallest absolute Gasteiger partial charge is 0.326 e. The van der Waals surface area contributed by atoms with Gasteiger partial charge in [-0.05, 0) is 6.42 Å². The van der Waals surface area contributed by atoms with Crippen LogP contribution in [-0.4, -0.2) is 47.5 Å². The molecular weight excluding hydrogens is 214 g/mol. The minimum absolute atomic E-state index is 0.0381. The van der Waals surface area contributed by atoms with E-state index in [9.17, 15) is 14.4 Å². The summed E-state index contributed by atoms with van der Waals surface area (Å²) in [7, 11) is 1.25. The number of esters is 1. The summed E-state index contributed by atoms with van der Waals surface area (Å²) in [5, 5.41) is 8.92. The summed E-state index contributed by atoms with van der Waals surface area (Å²) in [6.45, 7) is 1.83. The Labute approximate surface area is 93.2 Å². The molecule has 1 amide bonds. The molecule has 1 aliphatic rings. The molecule has 6 nitrogen and oxygen atoms in total. The minimum atomic E-state index is -1.04. The number of carboxylic acids is 1. The third-order valence-electron chi connectivity index (χ3n) is 2.74. The SMILES string of the molecule is CCC(C(=O)O)N1CC(C(=O)OC)CC1=O. The van der Waals surface area contributed by atoms with Crippen molar-refractivity contribution in [1.82, 2.24) is 4.90 Å². The van der Waals surface area contributed by atoms with Crippen molar-refractivity contribution in [2.24, 2.45) is 5.92 Å². The molecule has 0 aromatic carbocycles. The lowest BCUT2D eigenvalue weighted by molar-refractivity contribution is -0.149. The van der Waals surface area contributed by atoms with Gasteiger partial charge in [0.1, 0.15) is 6.04 Å². The fourth-order valence-electron chi connectivity index (χ4n) is 1.89. The Kier molecular flexibility index (Phi) is 3.87. The molecule has 1 rings (SSSR count). The van der Waals surface area contributed by atoms with E-state index in [0.29, 0.717) is 6.42 Å². The Bertz CT molecular complexity index is 314. The molecule has 6 heteroatoms. The van der Waals surface area contributed by atoms with Crippen LogP contribution in [0.3, 0.4) is 0 Å². The van der Waals surface area contributed by atoms with Gasteiger partial charge in [0.15, 0.2) is 0 Å². The summed E-state index contributed by atoms with van der Waals surface area (Å²) in [6, 6.07) is -0.845. The van der Waals surface area contributed by atoms with Crippen LogP contribution in [0.2, 0.25) is 0 Å². The van der Waals surface area contributed by atoms with Crippen molar-refractivity contribution in [2.75, 3.05) is 13.7 Å². The molecule has 1 heterocycles. The van der Waals surface area contributed by atoms with Gasteiger partial charge in [0, 0.05) is 13.0 Å². The van der Waals surface area contributed by atoms with Crippen molar-refractivity contribution in [3.05, 3.63) is 0 Å². The first-order chi connectivity index (χ1) is 7.51. The fraction of sp³-hybridized carbons (Fsp3) is 0.700. The summed E-state index contributed by atoms with van der Waals surface area (Å²) in [6.07, 6.45) is 0.366. The molecule has 0 saturated carbocycles. The maximum absolute atomic E-state index is 11.6. The van der Waals surface area contributed by atoms with Gasteiger partial charge in [0.2, 0.25) is 5.91 Å². The largest absolute Gasteiger partial charge is 0.480 e. The van der Waals surface area contributed by atoms with Gasteiger partial charge in [-0.15, -0.1) is 0 Å². The predicted octanol–water partition coefficient (Wildman–Crippen LogP) is -0.129. The van der Waals surface area contributed by atoms with Crippen LogP contribution >= 0.6 is 0 Å². The average molecular weight is 229 g/mol. The van der Waals surface area contributed by atoms with E-state index in [0.717, 1.165) is 0 Å². The lowest BCUT2D eigenvalue weighted by Gasteiger charge is -2.23. The fourth-order valence-corrected chi connectivity index (χ4v) is 1.89. The molecule has 0 aromatic heterocycles. The van der Waals surface area contributed by atoms with Crippen molar-refractivity contribution in [3.8, 4) is 0 Å². The molecule has 0 aliphatic carbocycles. The first kappa shape index (κ1) is 12.5. The zero-order valence-electron chi connectivity index (χ0n) is 9.30. The summed E-state index contributed by atoms with van der Waals surface area (Å²) in [5.41, 5.74) is 0. The molecule has 0 bridgehead atoms. The number of ether oxygens (including phenoxy) is 1. The first-order valence-electron chi connectivity index (χ1n) is 5.11. The number of carbonyl (C=O) groups excluding carboxylic acids is 2. The number of aliphatic carboxylic acids is 1. The number of hydrogen-bond donors (Lipinski definition) is 1. The van der Waals surface area contributed by atoms with Gasteiger partial charge in [-0.2, -0.15) is 0 Å². The molecule has 2 atom stereocenters. The van der Waals surface area contributed by atoms with Crippen LogP contribution in [0.1, 0.15) is 19.8 Å². The zero-order valence-corrected chi connectivity index (χ0v) is 9.30. The number of nitrogens with zero attached hydrogens (tertiary/aromatic N) is 1. The lowest BCUT2D eigenvalue weighted by Crippen LogP contribution is -2.42. The van der Waals surface area contributed by atoms with Crippen molar-refractivity contribution >= 4 is 17.8 Å². The highest BCUT2D eigenvalue weighted by atomic mass is 16.5. The van der Waals surface area contributed by atoms with Crippen LogP contribution in [-0.2, 0) is 19.1 Å². The van der Waals surface area contributed by atoms with Crippen molar-refractivity contribution in [3.63, 3.8) is 0 Å². The lowest BCUT2D eigenvalue weighted by atomic mass is 10.1. The number of amides is 1. The second-order valence-corrected chi connectivity index (χ2v) is 3.73. The Morgan fingerprint density at radius 1 is 1.62 bits per heavy atom. The van der Waals surface area contributed by atoms with Crippen LogP contribution in [0.4, 0.5) is 0 Å². The maximum Gasteiger partial charge on any atom is 0.326 e. The number of carboxylic acid groups (broad SMARTS) is 1. The van der Waals surface area contributed by atoms with Gasteiger partial charge in [-0.1, -0.05) is 6.92 Å². The van der Waals surface area contributed by atoms with E-state index < -0.39 is 23.9 Å². The van der Waals surface area contributed by atoms with Crippen molar-refractivity contribution in [2.45, 2.75) is 25.8 Å². The van der Waals surface area contributed by atoms with E-state index in [1.54, 1.807) is 6.92 Å². The molecule has 1 aliphatic heterocycles. The van der Waals surface area contributed by atoms with Crippen LogP contribution in [0, 0.1) is 5.92 Å². The Morgan fingerprint density at radius 2 is 2.25 bits per heavy atom. The number of methoxy groups -OCH3 is 1. The highest BCUT2D eigenvalue weighted by Crippen LogP contribution is 2.22. The normalized spacial score (nSPS) is 22.0. The topological polar surface area (TPSA) is 83.9 Å². The van der Waals surface area contributed by atoms with E-state index in [1.807, 2.05) is 0 Å². The van der Waals surface area contributed by atoms with Gasteiger partial charge >= 0.3 is 11.9 Å². The quantitative estimate of drug-likeness (QED) is 0.679. The third kappa shape index (κ3) is 2.32. The van der Waals surface area contributed by atoms with E-state index >= 15 is 0 Å². The first-order valence-corrected chi connectivity index (χ1v) is 5.11. The van der Waals surface area contributed by atoms with E-state index in [1.165, 1.54) is 12.0 Å². The number of hydrogen-bond acceptors (Lipinski definition) is 4. The van der Waals surface area contributed by atoms with Crippen molar-refractivity contribution in [1.29, 1.82) is 0 Å². The maximum atomic E-state index is 11.6. The molecule has 90 valence electrons.